The van der Waals surface area contributed by atoms with Gasteiger partial charge in [-0.05, 0) is 58.7 Å². The zero-order valence-corrected chi connectivity index (χ0v) is 14.4. The number of halogens is 1. The monoisotopic (exact) mass is 375 g/mol. The highest BCUT2D eigenvalue weighted by Gasteiger charge is 2.09. The fourth-order valence-electron chi connectivity index (χ4n) is 2.11. The van der Waals surface area contributed by atoms with Crippen LogP contribution >= 0.6 is 15.9 Å². The second-order valence-electron chi connectivity index (χ2n) is 5.03. The van der Waals surface area contributed by atoms with Crippen LogP contribution in [0, 0.1) is 0 Å². The number of amides is 1. The first-order chi connectivity index (χ1) is 11.1. The van der Waals surface area contributed by atoms with Crippen molar-refractivity contribution in [2.45, 2.75) is 19.3 Å². The molecule has 0 spiro atoms. The molecule has 0 saturated carbocycles. The Hall–Kier alpha value is -2.14. The lowest BCUT2D eigenvalue weighted by Gasteiger charge is -2.07. The third kappa shape index (κ3) is 5.21. The van der Waals surface area contributed by atoms with E-state index in [0.717, 1.165) is 15.9 Å². The second kappa shape index (κ2) is 8.48. The number of ether oxygens (including phenoxy) is 1. The maximum Gasteiger partial charge on any atom is 0.224 e. The number of carbonyl (C=O) groups excluding carboxylic acids is 2. The van der Waals surface area contributed by atoms with Crippen LogP contribution in [0.2, 0.25) is 0 Å². The van der Waals surface area contributed by atoms with Gasteiger partial charge < -0.3 is 10.1 Å². The van der Waals surface area contributed by atoms with Crippen LogP contribution in [0.5, 0.6) is 5.75 Å². The molecule has 1 N–H and O–H groups in total. The van der Waals surface area contributed by atoms with Crippen molar-refractivity contribution in [2.24, 2.45) is 0 Å². The lowest BCUT2D eigenvalue weighted by Crippen LogP contribution is -2.12. The zero-order chi connectivity index (χ0) is 16.7. The predicted octanol–water partition coefficient (Wildman–Crippen LogP) is 4.45. The fourth-order valence-corrected chi connectivity index (χ4v) is 2.49. The van der Waals surface area contributed by atoms with Gasteiger partial charge in [0.05, 0.1) is 12.8 Å². The largest absolute Gasteiger partial charge is 0.497 e. The van der Waals surface area contributed by atoms with Crippen LogP contribution in [0.25, 0.3) is 0 Å². The summed E-state index contributed by atoms with van der Waals surface area (Å²) in [5.74, 6) is 0.648. The maximum atomic E-state index is 12.1. The molecule has 0 radical (unpaired) electrons. The number of rotatable bonds is 7. The van der Waals surface area contributed by atoms with Crippen LogP contribution < -0.4 is 10.1 Å². The number of para-hydroxylation sites is 1. The van der Waals surface area contributed by atoms with Crippen LogP contribution in [0.4, 0.5) is 5.69 Å². The molecule has 0 aliphatic heterocycles. The van der Waals surface area contributed by atoms with Gasteiger partial charge in [-0.3, -0.25) is 9.59 Å². The van der Waals surface area contributed by atoms with Crippen molar-refractivity contribution < 1.29 is 14.3 Å². The van der Waals surface area contributed by atoms with E-state index in [9.17, 15) is 9.59 Å². The van der Waals surface area contributed by atoms with Gasteiger partial charge in [0.1, 0.15) is 5.75 Å². The number of ketones is 1. The van der Waals surface area contributed by atoms with Gasteiger partial charge in [0.25, 0.3) is 0 Å². The van der Waals surface area contributed by atoms with Gasteiger partial charge in [-0.15, -0.1) is 0 Å². The number of carbonyl (C=O) groups is 2. The minimum absolute atomic E-state index is 0.0290. The summed E-state index contributed by atoms with van der Waals surface area (Å²) in [4.78, 5) is 24.0. The Labute approximate surface area is 144 Å². The average molecular weight is 376 g/mol. The first-order valence-corrected chi connectivity index (χ1v) is 8.11. The Kier molecular flexibility index (Phi) is 6.35. The highest BCUT2D eigenvalue weighted by atomic mass is 79.9. The number of methoxy groups -OCH3 is 1. The molecule has 0 aliphatic carbocycles. The third-order valence-corrected chi connectivity index (χ3v) is 4.06. The number of anilines is 1. The van der Waals surface area contributed by atoms with Crippen molar-refractivity contribution in [3.63, 3.8) is 0 Å². The van der Waals surface area contributed by atoms with Gasteiger partial charge in [0, 0.05) is 22.9 Å². The molecule has 120 valence electrons. The van der Waals surface area contributed by atoms with E-state index < -0.39 is 0 Å². The maximum absolute atomic E-state index is 12.1. The van der Waals surface area contributed by atoms with Gasteiger partial charge in [-0.1, -0.05) is 12.1 Å². The van der Waals surface area contributed by atoms with Crippen molar-refractivity contribution in [1.29, 1.82) is 0 Å². The lowest BCUT2D eigenvalue weighted by molar-refractivity contribution is -0.116. The molecule has 0 fully saturated rings. The summed E-state index contributed by atoms with van der Waals surface area (Å²) >= 11 is 3.38. The highest BCUT2D eigenvalue weighted by molar-refractivity contribution is 9.10. The predicted molar refractivity (Wildman–Crippen MR) is 93.9 cm³/mol. The normalized spacial score (nSPS) is 10.2. The summed E-state index contributed by atoms with van der Waals surface area (Å²) in [6.07, 6.45) is 1.17. The second-order valence-corrected chi connectivity index (χ2v) is 5.89. The molecule has 23 heavy (non-hydrogen) atoms. The SMILES string of the molecule is COc1ccc(C(=O)CCCC(=O)Nc2ccccc2Br)cc1. The summed E-state index contributed by atoms with van der Waals surface area (Å²) in [5, 5.41) is 2.83. The molecule has 2 aromatic carbocycles. The van der Waals surface area contributed by atoms with Crippen molar-refractivity contribution in [3.8, 4) is 5.75 Å². The molecule has 0 unspecified atom stereocenters. The minimum atomic E-state index is -0.0977. The van der Waals surface area contributed by atoms with E-state index in [1.807, 2.05) is 24.3 Å². The van der Waals surface area contributed by atoms with E-state index in [-0.39, 0.29) is 11.7 Å². The summed E-state index contributed by atoms with van der Waals surface area (Å²) in [6, 6.07) is 14.4. The summed E-state index contributed by atoms with van der Waals surface area (Å²) in [5.41, 5.74) is 1.37. The van der Waals surface area contributed by atoms with Gasteiger partial charge in [0.2, 0.25) is 5.91 Å². The Balaban J connectivity index is 1.78. The molecule has 0 heterocycles. The topological polar surface area (TPSA) is 55.4 Å². The summed E-state index contributed by atoms with van der Waals surface area (Å²) < 4.78 is 5.90. The standard InChI is InChI=1S/C18H18BrNO3/c1-23-14-11-9-13(10-12-14)17(21)7-4-8-18(22)20-16-6-3-2-5-15(16)19/h2-3,5-6,9-12H,4,7-8H2,1H3,(H,20,22). The van der Waals surface area contributed by atoms with E-state index in [2.05, 4.69) is 21.2 Å². The Morgan fingerprint density at radius 3 is 2.39 bits per heavy atom. The van der Waals surface area contributed by atoms with Crippen LogP contribution in [0.15, 0.2) is 53.0 Å². The number of hydrogen-bond donors (Lipinski definition) is 1. The molecule has 4 nitrogen and oxygen atoms in total. The zero-order valence-electron chi connectivity index (χ0n) is 12.8. The highest BCUT2D eigenvalue weighted by Crippen LogP contribution is 2.21. The van der Waals surface area contributed by atoms with E-state index >= 15 is 0 Å². The van der Waals surface area contributed by atoms with Gasteiger partial charge in [0.15, 0.2) is 5.78 Å². The van der Waals surface area contributed by atoms with E-state index in [0.29, 0.717) is 24.8 Å². The molecule has 0 aromatic heterocycles. The third-order valence-electron chi connectivity index (χ3n) is 3.37. The van der Waals surface area contributed by atoms with E-state index in [4.69, 9.17) is 4.74 Å². The quantitative estimate of drug-likeness (QED) is 0.727. The molecule has 1 amide bonds. The first kappa shape index (κ1) is 17.2. The molecule has 2 rings (SSSR count). The molecular formula is C18H18BrNO3. The van der Waals surface area contributed by atoms with Crippen LogP contribution in [-0.2, 0) is 4.79 Å². The van der Waals surface area contributed by atoms with Crippen LogP contribution in [0.1, 0.15) is 29.6 Å². The van der Waals surface area contributed by atoms with Crippen molar-refractivity contribution >= 4 is 33.3 Å². The van der Waals surface area contributed by atoms with Crippen molar-refractivity contribution in [3.05, 3.63) is 58.6 Å². The number of benzene rings is 2. The lowest BCUT2D eigenvalue weighted by atomic mass is 10.1. The Morgan fingerprint density at radius 1 is 1.04 bits per heavy atom. The molecular weight excluding hydrogens is 358 g/mol. The number of Topliss-reactive ketones (excluding diaryl/α,β-unsaturated/α-hetero) is 1. The minimum Gasteiger partial charge on any atom is -0.497 e. The Bertz CT molecular complexity index is 683. The fraction of sp³-hybridized carbons (Fsp3) is 0.222. The van der Waals surface area contributed by atoms with E-state index in [1.165, 1.54) is 0 Å². The van der Waals surface area contributed by atoms with Crippen LogP contribution in [0.3, 0.4) is 0 Å². The number of nitrogens with one attached hydrogen (secondary N) is 1. The van der Waals surface area contributed by atoms with Gasteiger partial charge in [-0.2, -0.15) is 0 Å². The molecule has 5 heteroatoms. The molecule has 0 atom stereocenters. The molecule has 2 aromatic rings. The van der Waals surface area contributed by atoms with Crippen molar-refractivity contribution in [1.82, 2.24) is 0 Å². The summed E-state index contributed by atoms with van der Waals surface area (Å²) in [7, 11) is 1.58. The van der Waals surface area contributed by atoms with Crippen LogP contribution in [-0.4, -0.2) is 18.8 Å². The van der Waals surface area contributed by atoms with Gasteiger partial charge in [-0.25, -0.2) is 0 Å². The van der Waals surface area contributed by atoms with Gasteiger partial charge >= 0.3 is 0 Å². The first-order valence-electron chi connectivity index (χ1n) is 7.32. The Morgan fingerprint density at radius 2 is 1.74 bits per heavy atom. The molecule has 0 aliphatic rings. The smallest absolute Gasteiger partial charge is 0.224 e. The molecule has 0 bridgehead atoms. The average Bonchev–Trinajstić information content (AvgIpc) is 2.57. The summed E-state index contributed by atoms with van der Waals surface area (Å²) in [6.45, 7) is 0. The molecule has 0 saturated heterocycles. The van der Waals surface area contributed by atoms with Crippen molar-refractivity contribution in [2.75, 3.05) is 12.4 Å². The number of hydrogen-bond acceptors (Lipinski definition) is 3. The van der Waals surface area contributed by atoms with E-state index in [1.54, 1.807) is 31.4 Å².